The number of thiocarbonyl (C=S) groups is 2. The average molecular weight is 421 g/mol. The van der Waals surface area contributed by atoms with Crippen LogP contribution in [-0.4, -0.2) is 33.2 Å². The fraction of sp³-hybridized carbons (Fsp3) is 0.300. The Morgan fingerprint density at radius 2 is 1.04 bits per heavy atom. The second kappa shape index (κ2) is 11.6. The first kappa shape index (κ1) is 21.2. The largest absolute Gasteiger partial charge is 0.328 e. The zero-order chi connectivity index (χ0) is 18.8. The van der Waals surface area contributed by atoms with Gasteiger partial charge in [0.25, 0.3) is 0 Å². The zero-order valence-corrected chi connectivity index (χ0v) is 18.4. The normalized spacial score (nSPS) is 10.4. The van der Waals surface area contributed by atoms with Gasteiger partial charge in [0.05, 0.1) is 0 Å². The standard InChI is InChI=1S/C20H24N2S4/c1-3-21(17-11-7-5-8-12-17)19(23)25-15-16-26-20(24)22(4-2)18-13-9-6-10-14-18/h5-14H,3-4,15-16H2,1-2H3. The Labute approximate surface area is 176 Å². The van der Waals surface area contributed by atoms with Gasteiger partial charge < -0.3 is 9.80 Å². The Morgan fingerprint density at radius 3 is 1.35 bits per heavy atom. The topological polar surface area (TPSA) is 6.48 Å². The molecule has 26 heavy (non-hydrogen) atoms. The number of hydrogen-bond acceptors (Lipinski definition) is 4. The Hall–Kier alpha value is -1.08. The van der Waals surface area contributed by atoms with E-state index in [1.807, 2.05) is 36.4 Å². The van der Waals surface area contributed by atoms with Crippen LogP contribution in [0.15, 0.2) is 60.7 Å². The van der Waals surface area contributed by atoms with Crippen molar-refractivity contribution in [1.82, 2.24) is 0 Å². The van der Waals surface area contributed by atoms with Gasteiger partial charge in [-0.1, -0.05) is 84.4 Å². The summed E-state index contributed by atoms with van der Waals surface area (Å²) in [5.41, 5.74) is 2.30. The van der Waals surface area contributed by atoms with E-state index in [1.165, 1.54) is 0 Å². The minimum absolute atomic E-state index is 0.874. The maximum absolute atomic E-state index is 5.62. The fourth-order valence-electron chi connectivity index (χ4n) is 2.46. The summed E-state index contributed by atoms with van der Waals surface area (Å²) in [5.74, 6) is 1.89. The molecular weight excluding hydrogens is 397 g/mol. The number of nitrogens with zero attached hydrogens (tertiary/aromatic N) is 2. The molecule has 0 N–H and O–H groups in total. The molecule has 0 heterocycles. The smallest absolute Gasteiger partial charge is 0.140 e. The molecule has 0 amide bonds. The van der Waals surface area contributed by atoms with Crippen LogP contribution >= 0.6 is 48.0 Å². The van der Waals surface area contributed by atoms with Crippen molar-refractivity contribution in [3.8, 4) is 0 Å². The Morgan fingerprint density at radius 1 is 0.692 bits per heavy atom. The van der Waals surface area contributed by atoms with E-state index < -0.39 is 0 Å². The van der Waals surface area contributed by atoms with E-state index in [0.717, 1.165) is 44.6 Å². The first-order chi connectivity index (χ1) is 12.7. The van der Waals surface area contributed by atoms with Crippen molar-refractivity contribution in [1.29, 1.82) is 0 Å². The van der Waals surface area contributed by atoms with Crippen LogP contribution in [0.4, 0.5) is 11.4 Å². The van der Waals surface area contributed by atoms with E-state index in [-0.39, 0.29) is 0 Å². The summed E-state index contributed by atoms with van der Waals surface area (Å²) < 4.78 is 1.83. The molecule has 0 unspecified atom stereocenters. The maximum Gasteiger partial charge on any atom is 0.140 e. The monoisotopic (exact) mass is 420 g/mol. The first-order valence-electron chi connectivity index (χ1n) is 8.66. The van der Waals surface area contributed by atoms with Crippen LogP contribution in [0, 0.1) is 0 Å². The molecule has 6 heteroatoms. The first-order valence-corrected chi connectivity index (χ1v) is 11.4. The molecule has 0 spiro atoms. The van der Waals surface area contributed by atoms with Crippen molar-refractivity contribution in [2.75, 3.05) is 34.4 Å². The molecule has 0 fully saturated rings. The van der Waals surface area contributed by atoms with Crippen LogP contribution in [0.3, 0.4) is 0 Å². The van der Waals surface area contributed by atoms with Crippen molar-refractivity contribution in [2.24, 2.45) is 0 Å². The van der Waals surface area contributed by atoms with Gasteiger partial charge in [0.2, 0.25) is 0 Å². The molecule has 0 radical (unpaired) electrons. The molecule has 2 nitrogen and oxygen atoms in total. The van der Waals surface area contributed by atoms with Crippen molar-refractivity contribution in [2.45, 2.75) is 13.8 Å². The summed E-state index contributed by atoms with van der Waals surface area (Å²) in [6, 6.07) is 20.6. The minimum Gasteiger partial charge on any atom is -0.328 e. The van der Waals surface area contributed by atoms with Gasteiger partial charge in [-0.2, -0.15) is 0 Å². The van der Waals surface area contributed by atoms with Crippen LogP contribution in [0.1, 0.15) is 13.8 Å². The van der Waals surface area contributed by atoms with Crippen LogP contribution < -0.4 is 9.80 Å². The Kier molecular flexibility index (Phi) is 9.46. The highest BCUT2D eigenvalue weighted by molar-refractivity contribution is 8.26. The molecular formula is C20H24N2S4. The molecule has 0 aromatic heterocycles. The predicted octanol–water partition coefficient (Wildman–Crippen LogP) is 6.08. The lowest BCUT2D eigenvalue weighted by Gasteiger charge is -2.24. The highest BCUT2D eigenvalue weighted by Gasteiger charge is 2.12. The van der Waals surface area contributed by atoms with Gasteiger partial charge in [-0.3, -0.25) is 0 Å². The van der Waals surface area contributed by atoms with E-state index in [9.17, 15) is 0 Å². The lowest BCUT2D eigenvalue weighted by molar-refractivity contribution is 1.08. The molecule has 0 aliphatic rings. The van der Waals surface area contributed by atoms with E-state index in [0.29, 0.717) is 0 Å². The summed E-state index contributed by atoms with van der Waals surface area (Å²) in [6.07, 6.45) is 0. The van der Waals surface area contributed by atoms with Crippen LogP contribution in [0.2, 0.25) is 0 Å². The SMILES string of the molecule is CCN(C(=S)SCCSC(=S)N(CC)c1ccccc1)c1ccccc1. The van der Waals surface area contributed by atoms with E-state index >= 15 is 0 Å². The number of hydrogen-bond donors (Lipinski definition) is 0. The van der Waals surface area contributed by atoms with Gasteiger partial charge >= 0.3 is 0 Å². The number of benzene rings is 2. The third-order valence-electron chi connectivity index (χ3n) is 3.74. The van der Waals surface area contributed by atoms with Gasteiger partial charge in [-0.05, 0) is 38.1 Å². The van der Waals surface area contributed by atoms with Gasteiger partial charge in [0.1, 0.15) is 8.64 Å². The van der Waals surface area contributed by atoms with Gasteiger partial charge in [0, 0.05) is 36.0 Å². The lowest BCUT2D eigenvalue weighted by atomic mass is 10.3. The predicted molar refractivity (Wildman–Crippen MR) is 129 cm³/mol. The van der Waals surface area contributed by atoms with E-state index in [2.05, 4.69) is 47.9 Å². The van der Waals surface area contributed by atoms with Crippen molar-refractivity contribution < 1.29 is 0 Å². The number of anilines is 2. The maximum atomic E-state index is 5.62. The second-order valence-corrected chi connectivity index (χ2v) is 8.85. The van der Waals surface area contributed by atoms with Crippen LogP contribution in [0.25, 0.3) is 0 Å². The van der Waals surface area contributed by atoms with Gasteiger partial charge in [-0.15, -0.1) is 0 Å². The minimum atomic E-state index is 0.874. The molecule has 0 saturated carbocycles. The lowest BCUT2D eigenvalue weighted by Crippen LogP contribution is -2.28. The van der Waals surface area contributed by atoms with Crippen molar-refractivity contribution in [3.63, 3.8) is 0 Å². The summed E-state index contributed by atoms with van der Waals surface area (Å²) in [4.78, 5) is 4.34. The van der Waals surface area contributed by atoms with Gasteiger partial charge in [0.15, 0.2) is 0 Å². The average Bonchev–Trinajstić information content (AvgIpc) is 2.68. The molecule has 0 bridgehead atoms. The zero-order valence-electron chi connectivity index (χ0n) is 15.1. The second-order valence-electron chi connectivity index (χ2n) is 5.39. The highest BCUT2D eigenvalue weighted by atomic mass is 32.2. The quantitative estimate of drug-likeness (QED) is 0.393. The Bertz CT molecular complexity index is 630. The highest BCUT2D eigenvalue weighted by Crippen LogP contribution is 2.22. The summed E-state index contributed by atoms with van der Waals surface area (Å²) in [6.45, 7) is 6.00. The molecule has 0 aliphatic heterocycles. The van der Waals surface area contributed by atoms with E-state index in [4.69, 9.17) is 24.4 Å². The molecule has 2 aromatic carbocycles. The van der Waals surface area contributed by atoms with Crippen LogP contribution in [0.5, 0.6) is 0 Å². The molecule has 0 aliphatic carbocycles. The number of rotatable bonds is 7. The van der Waals surface area contributed by atoms with Crippen LogP contribution in [-0.2, 0) is 0 Å². The summed E-state index contributed by atoms with van der Waals surface area (Å²) in [7, 11) is 0. The Balaban J connectivity index is 1.80. The molecule has 0 saturated heterocycles. The molecule has 138 valence electrons. The molecule has 0 atom stereocenters. The summed E-state index contributed by atoms with van der Waals surface area (Å²) in [5, 5.41) is 0. The number of para-hydroxylation sites is 2. The van der Waals surface area contributed by atoms with Crippen molar-refractivity contribution >= 4 is 68.0 Å². The molecule has 2 aromatic rings. The third-order valence-corrected chi connectivity index (χ3v) is 6.90. The third kappa shape index (κ3) is 6.27. The van der Waals surface area contributed by atoms with Crippen molar-refractivity contribution in [3.05, 3.63) is 60.7 Å². The van der Waals surface area contributed by atoms with E-state index in [1.54, 1.807) is 23.5 Å². The summed E-state index contributed by atoms with van der Waals surface area (Å²) >= 11 is 14.7. The van der Waals surface area contributed by atoms with Gasteiger partial charge in [-0.25, -0.2) is 0 Å². The molecule has 2 rings (SSSR count). The number of thioether (sulfide) groups is 2. The fourth-order valence-corrected chi connectivity index (χ4v) is 5.23.